The van der Waals surface area contributed by atoms with E-state index in [2.05, 4.69) is 24.7 Å². The zero-order valence-corrected chi connectivity index (χ0v) is 4.75. The summed E-state index contributed by atoms with van der Waals surface area (Å²) >= 11 is 3.45. The average molecular weight is 115 g/mol. The van der Waals surface area contributed by atoms with Crippen LogP contribution in [0.25, 0.3) is 0 Å². The maximum atomic E-state index is 10.1. The molecule has 0 rings (SSSR count). The summed E-state index contributed by atoms with van der Waals surface area (Å²) in [6.07, 6.45) is 0. The third-order valence-corrected chi connectivity index (χ3v) is 0.543. The van der Waals surface area contributed by atoms with Crippen molar-refractivity contribution in [3.63, 3.8) is 0 Å². The van der Waals surface area contributed by atoms with Crippen molar-refractivity contribution in [3.05, 3.63) is 0 Å². The Hall–Kier alpha value is -0.620. The van der Waals surface area contributed by atoms with Crippen molar-refractivity contribution in [1.82, 2.24) is 4.72 Å². The third-order valence-electron chi connectivity index (χ3n) is 0.340. The van der Waals surface area contributed by atoms with Gasteiger partial charge in [0.2, 0.25) is 0 Å². The van der Waals surface area contributed by atoms with Gasteiger partial charge in [0.1, 0.15) is 0 Å². The van der Waals surface area contributed by atoms with Gasteiger partial charge in [-0.3, -0.25) is 9.52 Å². The maximum absolute atomic E-state index is 10.1. The molecule has 0 aromatic rings. The summed E-state index contributed by atoms with van der Waals surface area (Å²) in [4.78, 5) is 10.1. The first kappa shape index (κ1) is 6.38. The number of thiol groups is 1. The lowest BCUT2D eigenvalue weighted by Gasteiger charge is -1.79. The molecule has 0 aliphatic rings. The zero-order valence-electron chi connectivity index (χ0n) is 3.86. The number of hydrogen-bond donors (Lipinski definition) is 2. The minimum Gasteiger partial charge on any atom is -0.292 e. The second-order valence-corrected chi connectivity index (χ2v) is 1.04. The first-order valence-electron chi connectivity index (χ1n) is 1.68. The molecule has 0 aromatic heterocycles. The van der Waals surface area contributed by atoms with Crippen molar-refractivity contribution in [1.29, 1.82) is 0 Å². The quantitative estimate of drug-likeness (QED) is 0.337. The predicted molar refractivity (Wildman–Crippen MR) is 30.6 cm³/mol. The van der Waals surface area contributed by atoms with Crippen LogP contribution in [0.2, 0.25) is 0 Å². The Morgan fingerprint density at radius 1 is 1.86 bits per heavy atom. The fourth-order valence-electron chi connectivity index (χ4n) is 0.141. The van der Waals surface area contributed by atoms with E-state index in [1.807, 2.05) is 4.72 Å². The van der Waals surface area contributed by atoms with Gasteiger partial charge in [0.25, 0.3) is 0 Å². The molecule has 0 bridgehead atoms. The van der Waals surface area contributed by atoms with Crippen LogP contribution in [-0.4, -0.2) is 5.91 Å². The van der Waals surface area contributed by atoms with Crippen molar-refractivity contribution < 1.29 is 4.79 Å². The number of carbonyl (C=O) groups excluding carboxylic acids is 1. The Balaban J connectivity index is 3.52. The van der Waals surface area contributed by atoms with Crippen LogP contribution in [0.15, 0.2) is 0 Å². The molecule has 0 radical (unpaired) electrons. The van der Waals surface area contributed by atoms with E-state index in [9.17, 15) is 4.79 Å². The molecule has 0 atom stereocenters. The summed E-state index contributed by atoms with van der Waals surface area (Å²) in [6, 6.07) is 0. The molecular formula is C4H5NOS. The smallest absolute Gasteiger partial charge is 0.292 e. The second kappa shape index (κ2) is 3.57. The van der Waals surface area contributed by atoms with E-state index < -0.39 is 0 Å². The van der Waals surface area contributed by atoms with Gasteiger partial charge in [-0.1, -0.05) is 18.7 Å². The lowest BCUT2D eigenvalue weighted by atomic mass is 10.6. The predicted octanol–water partition coefficient (Wildman–Crippen LogP) is -0.0293. The monoisotopic (exact) mass is 115 g/mol. The lowest BCUT2D eigenvalue weighted by molar-refractivity contribution is -0.113. The molecule has 3 heteroatoms. The van der Waals surface area contributed by atoms with E-state index in [-0.39, 0.29) is 5.91 Å². The van der Waals surface area contributed by atoms with Crippen LogP contribution in [0.3, 0.4) is 0 Å². The van der Waals surface area contributed by atoms with Crippen molar-refractivity contribution in [3.8, 4) is 11.8 Å². The van der Waals surface area contributed by atoms with Gasteiger partial charge < -0.3 is 0 Å². The Morgan fingerprint density at radius 3 is 2.57 bits per heavy atom. The second-order valence-electron chi connectivity index (χ2n) is 0.816. The number of amides is 1. The third kappa shape index (κ3) is 3.20. The van der Waals surface area contributed by atoms with Gasteiger partial charge in [-0.25, -0.2) is 0 Å². The standard InChI is InChI=1S/C4H5NOS/c1-2-3-4(6)5-7/h7H,1H3,(H,5,6). The number of rotatable bonds is 0. The molecule has 1 amide bonds. The van der Waals surface area contributed by atoms with Gasteiger partial charge in [-0.05, 0) is 12.8 Å². The first-order valence-corrected chi connectivity index (χ1v) is 2.12. The Morgan fingerprint density at radius 2 is 2.43 bits per heavy atom. The maximum Gasteiger partial charge on any atom is 0.305 e. The van der Waals surface area contributed by atoms with E-state index in [4.69, 9.17) is 0 Å². The van der Waals surface area contributed by atoms with Crippen LogP contribution in [0.1, 0.15) is 6.92 Å². The molecule has 2 nitrogen and oxygen atoms in total. The molecule has 0 saturated carbocycles. The van der Waals surface area contributed by atoms with Gasteiger partial charge in [-0.2, -0.15) is 0 Å². The average Bonchev–Trinajstić information content (AvgIpc) is 1.68. The minimum atomic E-state index is -0.370. The van der Waals surface area contributed by atoms with E-state index >= 15 is 0 Å². The molecule has 0 aromatic carbocycles. The fraction of sp³-hybridized carbons (Fsp3) is 0.250. The first-order chi connectivity index (χ1) is 3.31. The van der Waals surface area contributed by atoms with Crippen LogP contribution >= 0.6 is 12.8 Å². The van der Waals surface area contributed by atoms with Gasteiger partial charge >= 0.3 is 5.91 Å². The van der Waals surface area contributed by atoms with E-state index in [0.717, 1.165) is 0 Å². The van der Waals surface area contributed by atoms with E-state index in [1.54, 1.807) is 6.92 Å². The molecule has 38 valence electrons. The van der Waals surface area contributed by atoms with Gasteiger partial charge in [0.15, 0.2) is 0 Å². The van der Waals surface area contributed by atoms with Crippen LogP contribution in [0.5, 0.6) is 0 Å². The SMILES string of the molecule is CC#CC(=O)NS. The summed E-state index contributed by atoms with van der Waals surface area (Å²) in [6.45, 7) is 1.59. The normalized spacial score (nSPS) is 6.00. The van der Waals surface area contributed by atoms with Gasteiger partial charge in [0, 0.05) is 0 Å². The Labute approximate surface area is 47.8 Å². The highest BCUT2D eigenvalue weighted by Gasteiger charge is 1.82. The van der Waals surface area contributed by atoms with Crippen molar-refractivity contribution >= 4 is 18.7 Å². The summed E-state index contributed by atoms with van der Waals surface area (Å²) in [5, 5.41) is 0. The summed E-state index contributed by atoms with van der Waals surface area (Å²) in [7, 11) is 0. The highest BCUT2D eigenvalue weighted by molar-refractivity contribution is 7.78. The van der Waals surface area contributed by atoms with Crippen LogP contribution in [-0.2, 0) is 4.79 Å². The van der Waals surface area contributed by atoms with Crippen molar-refractivity contribution in [2.75, 3.05) is 0 Å². The number of hydrogen-bond acceptors (Lipinski definition) is 2. The molecule has 0 unspecified atom stereocenters. The topological polar surface area (TPSA) is 29.1 Å². The molecule has 1 N–H and O–H groups in total. The molecule has 7 heavy (non-hydrogen) atoms. The zero-order chi connectivity index (χ0) is 5.70. The summed E-state index contributed by atoms with van der Waals surface area (Å²) in [5.41, 5.74) is 0. The fourth-order valence-corrected chi connectivity index (χ4v) is 0.197. The molecule has 0 spiro atoms. The van der Waals surface area contributed by atoms with Crippen molar-refractivity contribution in [2.45, 2.75) is 6.92 Å². The van der Waals surface area contributed by atoms with Gasteiger partial charge in [-0.15, -0.1) is 0 Å². The summed E-state index contributed by atoms with van der Waals surface area (Å²) in [5.74, 6) is 4.26. The van der Waals surface area contributed by atoms with Crippen molar-refractivity contribution in [2.24, 2.45) is 0 Å². The largest absolute Gasteiger partial charge is 0.305 e. The Kier molecular flexibility index (Phi) is 3.25. The van der Waals surface area contributed by atoms with Crippen LogP contribution in [0.4, 0.5) is 0 Å². The number of nitrogens with one attached hydrogen (secondary N) is 1. The highest BCUT2D eigenvalue weighted by atomic mass is 32.1. The van der Waals surface area contributed by atoms with Crippen LogP contribution in [0, 0.1) is 11.8 Å². The Bertz CT molecular complexity index is 121. The van der Waals surface area contributed by atoms with E-state index in [1.165, 1.54) is 0 Å². The minimum absolute atomic E-state index is 0.370. The molecule has 0 aliphatic carbocycles. The highest BCUT2D eigenvalue weighted by Crippen LogP contribution is 1.61. The van der Waals surface area contributed by atoms with E-state index in [0.29, 0.717) is 0 Å². The summed E-state index contributed by atoms with van der Waals surface area (Å²) < 4.78 is 2.05. The molecule has 0 saturated heterocycles. The van der Waals surface area contributed by atoms with Crippen LogP contribution < -0.4 is 4.72 Å². The number of carbonyl (C=O) groups is 1. The molecule has 0 aliphatic heterocycles. The molecule has 0 heterocycles. The lowest BCUT2D eigenvalue weighted by Crippen LogP contribution is -2.07. The molecule has 0 fully saturated rings. The molecular weight excluding hydrogens is 110 g/mol. The van der Waals surface area contributed by atoms with Gasteiger partial charge in [0.05, 0.1) is 0 Å².